The van der Waals surface area contributed by atoms with Crippen LogP contribution in [0.25, 0.3) is 6.08 Å². The van der Waals surface area contributed by atoms with E-state index in [1.54, 1.807) is 0 Å². The first-order valence-corrected chi connectivity index (χ1v) is 20.0. The number of rotatable bonds is 9. The molecule has 1 saturated heterocycles. The fraction of sp³-hybridized carbons (Fsp3) is 0.526. The van der Waals surface area contributed by atoms with Crippen molar-refractivity contribution in [3.05, 3.63) is 66.3 Å². The van der Waals surface area contributed by atoms with Crippen molar-refractivity contribution in [2.75, 3.05) is 19.7 Å². The summed E-state index contributed by atoms with van der Waals surface area (Å²) in [6.07, 6.45) is 5.94. The average Bonchev–Trinajstić information content (AvgIpc) is 4.04. The summed E-state index contributed by atoms with van der Waals surface area (Å²) in [4.78, 5) is 83.6. The van der Waals surface area contributed by atoms with Crippen molar-refractivity contribution in [3.8, 4) is 0 Å². The van der Waals surface area contributed by atoms with Gasteiger partial charge >= 0.3 is 12.2 Å². The van der Waals surface area contributed by atoms with Crippen LogP contribution in [0.3, 0.4) is 0 Å². The van der Waals surface area contributed by atoms with Gasteiger partial charge in [0.05, 0.1) is 24.9 Å². The fourth-order valence-corrected chi connectivity index (χ4v) is 8.58. The van der Waals surface area contributed by atoms with Crippen LogP contribution in [0.15, 0.2) is 49.6 Å². The molecule has 6 rings (SSSR count). The van der Waals surface area contributed by atoms with E-state index in [0.717, 1.165) is 27.7 Å². The molecule has 5 atom stereocenters. The lowest BCUT2D eigenvalue weighted by Gasteiger charge is -2.30. The Morgan fingerprint density at radius 3 is 2.56 bits per heavy atom. The first-order valence-electron chi connectivity index (χ1n) is 18.4. The number of nitrogens with zero attached hydrogens (tertiary/aromatic N) is 2. The summed E-state index contributed by atoms with van der Waals surface area (Å²) in [7, 11) is -3.95. The summed E-state index contributed by atoms with van der Waals surface area (Å²) in [5.74, 6) is -3.75. The molecule has 2 aliphatic carbocycles. The fourth-order valence-electron chi connectivity index (χ4n) is 7.22. The normalized spacial score (nSPS) is 28.4. The molecule has 2 saturated carbocycles. The molecule has 296 valence electrons. The van der Waals surface area contributed by atoms with E-state index < -0.39 is 92.7 Å². The Bertz CT molecular complexity index is 1930. The molecule has 4 bridgehead atoms. The zero-order valence-corrected chi connectivity index (χ0v) is 31.8. The van der Waals surface area contributed by atoms with Crippen molar-refractivity contribution in [2.45, 2.75) is 94.4 Å². The molecule has 1 aromatic rings. The standard InChI is InChI=1S/C38H48N6O10S/c1-5-25-17-38(25,34(48)42-55(51,52)27-13-14-27)41-32(46)30-16-26-20-44(30)33(47)29(18-39-31(45)6-2)40-35(49)53-22-37(3,4)15-8-7-10-23-11-9-12-24-19-43(21-28(23)24)36(50)54-26/h5-7,9-12,25-27,29-30H,1-2,8,13-22H2,3-4H3,(H,39,45)(H,40,49)(H,41,46)(H,42,48)/b10-7+/t25-,26?,29+,30+,38-/m1/s1. The Labute approximate surface area is 320 Å². The van der Waals surface area contributed by atoms with Gasteiger partial charge in [-0.15, -0.1) is 6.58 Å². The zero-order valence-electron chi connectivity index (χ0n) is 31.0. The van der Waals surface area contributed by atoms with E-state index in [-0.39, 0.29) is 32.5 Å². The van der Waals surface area contributed by atoms with Gasteiger partial charge in [-0.3, -0.25) is 28.8 Å². The molecule has 3 fully saturated rings. The number of benzene rings is 1. The number of hydrogen-bond donors (Lipinski definition) is 4. The van der Waals surface area contributed by atoms with E-state index in [9.17, 15) is 37.2 Å². The van der Waals surface area contributed by atoms with Gasteiger partial charge in [0.2, 0.25) is 27.7 Å². The number of cyclic esters (lactones) is 1. The summed E-state index contributed by atoms with van der Waals surface area (Å²) < 4.78 is 38.9. The molecule has 6 amide bonds. The van der Waals surface area contributed by atoms with Crippen molar-refractivity contribution in [1.29, 1.82) is 0 Å². The van der Waals surface area contributed by atoms with Crippen molar-refractivity contribution < 1.29 is 46.7 Å². The Kier molecular flexibility index (Phi) is 11.1. The molecule has 4 N–H and O–H groups in total. The molecule has 0 aromatic heterocycles. The Balaban J connectivity index is 1.29. The number of ether oxygens (including phenoxy) is 2. The topological polar surface area (TPSA) is 210 Å². The van der Waals surface area contributed by atoms with Gasteiger partial charge in [0, 0.05) is 25.4 Å². The predicted molar refractivity (Wildman–Crippen MR) is 199 cm³/mol. The monoisotopic (exact) mass is 780 g/mol. The maximum atomic E-state index is 14.4. The molecule has 17 heteroatoms. The largest absolute Gasteiger partial charge is 0.449 e. The van der Waals surface area contributed by atoms with Gasteiger partial charge in [-0.25, -0.2) is 18.0 Å². The minimum Gasteiger partial charge on any atom is -0.449 e. The van der Waals surface area contributed by atoms with Crippen LogP contribution < -0.4 is 20.7 Å². The molecule has 55 heavy (non-hydrogen) atoms. The van der Waals surface area contributed by atoms with Crippen LogP contribution in [0.2, 0.25) is 0 Å². The number of sulfonamides is 1. The summed E-state index contributed by atoms with van der Waals surface area (Å²) in [6, 6.07) is 3.06. The molecule has 0 radical (unpaired) electrons. The number of fused-ring (bicyclic) bond motifs is 3. The lowest BCUT2D eigenvalue weighted by atomic mass is 9.88. The van der Waals surface area contributed by atoms with Gasteiger partial charge in [-0.05, 0) is 60.3 Å². The average molecular weight is 781 g/mol. The quantitative estimate of drug-likeness (QED) is 0.212. The van der Waals surface area contributed by atoms with E-state index in [1.165, 1.54) is 11.0 Å². The van der Waals surface area contributed by atoms with Gasteiger partial charge in [-0.2, -0.15) is 0 Å². The predicted octanol–water partition coefficient (Wildman–Crippen LogP) is 2.01. The zero-order chi connectivity index (χ0) is 39.7. The van der Waals surface area contributed by atoms with E-state index in [0.29, 0.717) is 32.2 Å². The first kappa shape index (κ1) is 39.5. The van der Waals surface area contributed by atoms with Gasteiger partial charge in [0.1, 0.15) is 23.7 Å². The minimum atomic E-state index is -3.95. The number of allylic oxidation sites excluding steroid dienone is 1. The molecular weight excluding hydrogens is 733 g/mol. The highest BCUT2D eigenvalue weighted by atomic mass is 32.2. The molecule has 5 aliphatic rings. The van der Waals surface area contributed by atoms with Crippen LogP contribution in [-0.4, -0.2) is 103 Å². The van der Waals surface area contributed by atoms with E-state index in [2.05, 4.69) is 33.8 Å². The summed E-state index contributed by atoms with van der Waals surface area (Å²) in [5.41, 5.74) is 0.800. The van der Waals surface area contributed by atoms with Crippen LogP contribution in [0.4, 0.5) is 9.59 Å². The highest BCUT2D eigenvalue weighted by Crippen LogP contribution is 2.45. The summed E-state index contributed by atoms with van der Waals surface area (Å²) in [5, 5.41) is 7.01. The molecule has 1 unspecified atom stereocenters. The van der Waals surface area contributed by atoms with Crippen molar-refractivity contribution in [3.63, 3.8) is 0 Å². The second kappa shape index (κ2) is 15.5. The lowest BCUT2D eigenvalue weighted by molar-refractivity contribution is -0.141. The van der Waals surface area contributed by atoms with Crippen LogP contribution in [-0.2, 0) is 51.8 Å². The smallest absolute Gasteiger partial charge is 0.410 e. The van der Waals surface area contributed by atoms with Gasteiger partial charge in [0.15, 0.2) is 0 Å². The third-order valence-corrected chi connectivity index (χ3v) is 12.6. The van der Waals surface area contributed by atoms with Crippen LogP contribution in [0.1, 0.15) is 69.1 Å². The Morgan fingerprint density at radius 2 is 1.87 bits per heavy atom. The lowest BCUT2D eigenvalue weighted by Crippen LogP contribution is -2.59. The number of nitrogens with one attached hydrogen (secondary N) is 4. The van der Waals surface area contributed by atoms with Crippen molar-refractivity contribution >= 4 is 51.9 Å². The Morgan fingerprint density at radius 1 is 1.11 bits per heavy atom. The number of carbonyl (C=O) groups is 6. The molecular formula is C38H48N6O10S. The third kappa shape index (κ3) is 8.87. The summed E-state index contributed by atoms with van der Waals surface area (Å²) in [6.45, 7) is 10.9. The second-order valence-electron chi connectivity index (χ2n) is 15.6. The van der Waals surface area contributed by atoms with Crippen LogP contribution >= 0.6 is 0 Å². The van der Waals surface area contributed by atoms with Crippen LogP contribution in [0.5, 0.6) is 0 Å². The van der Waals surface area contributed by atoms with Gasteiger partial charge < -0.3 is 30.3 Å². The maximum absolute atomic E-state index is 14.4. The van der Waals surface area contributed by atoms with Crippen molar-refractivity contribution in [1.82, 2.24) is 30.5 Å². The van der Waals surface area contributed by atoms with E-state index in [1.807, 2.05) is 44.2 Å². The minimum absolute atomic E-state index is 0.0140. The first-order chi connectivity index (χ1) is 26.1. The molecule has 16 nitrogen and oxygen atoms in total. The molecule has 3 heterocycles. The van der Waals surface area contributed by atoms with E-state index in [4.69, 9.17) is 9.47 Å². The summed E-state index contributed by atoms with van der Waals surface area (Å²) >= 11 is 0. The van der Waals surface area contributed by atoms with E-state index >= 15 is 0 Å². The number of alkyl carbamates (subject to hydrolysis) is 1. The second-order valence-corrected chi connectivity index (χ2v) is 17.6. The van der Waals surface area contributed by atoms with Gasteiger partial charge in [-0.1, -0.05) is 56.9 Å². The molecule has 3 aliphatic heterocycles. The highest BCUT2D eigenvalue weighted by Gasteiger charge is 2.62. The molecule has 0 spiro atoms. The van der Waals surface area contributed by atoms with Crippen molar-refractivity contribution in [2.24, 2.45) is 11.3 Å². The highest BCUT2D eigenvalue weighted by molar-refractivity contribution is 7.91. The van der Waals surface area contributed by atoms with Gasteiger partial charge in [0.25, 0.3) is 5.91 Å². The molecule has 1 aromatic carbocycles. The number of hydrogen-bond acceptors (Lipinski definition) is 10. The number of carbonyl (C=O) groups excluding carboxylic acids is 6. The number of amides is 6. The Hall–Kier alpha value is -5.19. The maximum Gasteiger partial charge on any atom is 0.410 e. The van der Waals surface area contributed by atoms with Crippen LogP contribution in [0, 0.1) is 11.3 Å². The third-order valence-electron chi connectivity index (χ3n) is 10.8. The SMILES string of the molecule is C=CC(=O)NC[C@@H]1NC(=O)OCC(C)(C)CC/C=C/c2cccc3c2CN(C3)C(=O)OC2C[C@@H](C(=O)N[C@]3(C(=O)NS(=O)(=O)C4CC4)C[C@H]3C=C)N(C2)C1=O.